The molecule has 1 aliphatic heterocycles. The Morgan fingerprint density at radius 2 is 2.11 bits per heavy atom. The Balaban J connectivity index is 2.08. The Hall–Kier alpha value is -1.01. The molecule has 1 aromatic carbocycles. The van der Waals surface area contributed by atoms with Gasteiger partial charge in [0.1, 0.15) is 6.10 Å². The predicted molar refractivity (Wildman–Crippen MR) is 66.6 cm³/mol. The van der Waals surface area contributed by atoms with Crippen LogP contribution < -0.4 is 4.90 Å². The Bertz CT molecular complexity index is 430. The second-order valence-electron chi connectivity index (χ2n) is 3.64. The first-order valence-electron chi connectivity index (χ1n) is 5.19. The zero-order valence-corrected chi connectivity index (χ0v) is 10.8. The number of ether oxygens (including phenoxy) is 1. The summed E-state index contributed by atoms with van der Waals surface area (Å²) in [5.41, 5.74) is 0.617. The lowest BCUT2D eigenvalue weighted by atomic mass is 10.3. The van der Waals surface area contributed by atoms with Crippen LogP contribution in [0.3, 0.4) is 0 Å². The minimum Gasteiger partial charge on any atom is -0.443 e. The number of hydrogen-bond donors (Lipinski definition) is 0. The lowest BCUT2D eigenvalue weighted by Crippen LogP contribution is -2.24. The summed E-state index contributed by atoms with van der Waals surface area (Å²) in [6, 6.07) is 6.33. The lowest BCUT2D eigenvalue weighted by molar-refractivity contribution is 0.151. The molecule has 1 heterocycles. The van der Waals surface area contributed by atoms with Crippen LogP contribution in [0, 0.1) is 0 Å². The third kappa shape index (κ3) is 3.05. The summed E-state index contributed by atoms with van der Waals surface area (Å²) in [4.78, 5) is 13.4. The van der Waals surface area contributed by atoms with E-state index in [1.54, 1.807) is 24.3 Å². The number of carbonyl (C=O) groups excluding carboxylic acids is 1. The van der Waals surface area contributed by atoms with E-state index in [1.165, 1.54) is 4.90 Å². The maximum absolute atomic E-state index is 12.1. The van der Waals surface area contributed by atoms with Gasteiger partial charge in [0.15, 0.2) is 0 Å². The largest absolute Gasteiger partial charge is 0.443 e. The molecule has 0 saturated carbocycles. The van der Waals surface area contributed by atoms with Gasteiger partial charge < -0.3 is 4.74 Å². The van der Waals surface area contributed by atoms with E-state index < -0.39 is 11.9 Å². The average molecular weight is 294 g/mol. The molecule has 1 saturated heterocycles. The molecule has 1 unspecified atom stereocenters. The molecule has 0 aliphatic carbocycles. The molecule has 0 spiro atoms. The van der Waals surface area contributed by atoms with Gasteiger partial charge in [-0.3, -0.25) is 4.90 Å². The van der Waals surface area contributed by atoms with Crippen molar-refractivity contribution >= 4 is 35.1 Å². The number of alkyl halides is 3. The van der Waals surface area contributed by atoms with Gasteiger partial charge in [-0.25, -0.2) is 4.79 Å². The van der Waals surface area contributed by atoms with Gasteiger partial charge in [-0.15, -0.1) is 11.6 Å². The number of benzene rings is 1. The number of amides is 1. The molecule has 1 atom stereocenters. The Kier molecular flexibility index (Phi) is 4.29. The fraction of sp³-hybridized carbons (Fsp3) is 0.364. The Labute approximate surface area is 112 Å². The summed E-state index contributed by atoms with van der Waals surface area (Å²) in [5.74, 6) is -2.21. The Morgan fingerprint density at radius 1 is 1.44 bits per heavy atom. The second-order valence-corrected chi connectivity index (χ2v) is 5.02. The number of carbonyl (C=O) groups is 1. The molecule has 1 amide bonds. The van der Waals surface area contributed by atoms with Gasteiger partial charge in [0.2, 0.25) is 0 Å². The van der Waals surface area contributed by atoms with Crippen LogP contribution in [0.2, 0.25) is 0 Å². The van der Waals surface area contributed by atoms with Crippen LogP contribution in [-0.2, 0) is 4.74 Å². The van der Waals surface area contributed by atoms with Crippen LogP contribution in [-0.4, -0.2) is 30.4 Å². The molecule has 2 rings (SSSR count). The van der Waals surface area contributed by atoms with Crippen LogP contribution >= 0.6 is 23.4 Å². The fourth-order valence-corrected chi connectivity index (χ4v) is 2.28. The molecule has 7 heteroatoms. The monoisotopic (exact) mass is 293 g/mol. The van der Waals surface area contributed by atoms with Crippen molar-refractivity contribution in [3.05, 3.63) is 24.3 Å². The first-order valence-corrected chi connectivity index (χ1v) is 6.60. The average Bonchev–Trinajstić information content (AvgIpc) is 2.71. The van der Waals surface area contributed by atoms with Crippen molar-refractivity contribution in [3.8, 4) is 0 Å². The molecule has 1 aliphatic rings. The van der Waals surface area contributed by atoms with Crippen LogP contribution in [0.1, 0.15) is 0 Å². The number of nitrogens with zero attached hydrogens (tertiary/aromatic N) is 1. The molecule has 0 aromatic heterocycles. The molecule has 98 valence electrons. The van der Waals surface area contributed by atoms with Gasteiger partial charge in [0.25, 0.3) is 5.76 Å². The van der Waals surface area contributed by atoms with E-state index in [9.17, 15) is 13.6 Å². The van der Waals surface area contributed by atoms with Crippen molar-refractivity contribution in [2.45, 2.75) is 16.8 Å². The number of halogens is 3. The van der Waals surface area contributed by atoms with Crippen LogP contribution in [0.5, 0.6) is 0 Å². The normalized spacial score (nSPS) is 19.4. The highest BCUT2D eigenvalue weighted by molar-refractivity contribution is 7.99. The van der Waals surface area contributed by atoms with Crippen LogP contribution in [0.15, 0.2) is 29.2 Å². The maximum atomic E-state index is 12.1. The van der Waals surface area contributed by atoms with E-state index in [1.807, 2.05) is 0 Å². The predicted octanol–water partition coefficient (Wildman–Crippen LogP) is 3.57. The Morgan fingerprint density at radius 3 is 2.61 bits per heavy atom. The van der Waals surface area contributed by atoms with Crippen LogP contribution in [0.4, 0.5) is 19.3 Å². The van der Waals surface area contributed by atoms with Gasteiger partial charge >= 0.3 is 6.09 Å². The molecule has 0 N–H and O–H groups in total. The van der Waals surface area contributed by atoms with Gasteiger partial charge in [-0.1, -0.05) is 11.8 Å². The summed E-state index contributed by atoms with van der Waals surface area (Å²) < 4.78 is 29.3. The molecule has 1 aromatic rings. The van der Waals surface area contributed by atoms with Crippen molar-refractivity contribution in [2.75, 3.05) is 17.3 Å². The number of hydrogen-bond acceptors (Lipinski definition) is 3. The summed E-state index contributed by atoms with van der Waals surface area (Å²) >= 11 is 6.08. The maximum Gasteiger partial charge on any atom is 0.414 e. The third-order valence-electron chi connectivity index (χ3n) is 2.42. The van der Waals surface area contributed by atoms with Crippen molar-refractivity contribution in [3.63, 3.8) is 0 Å². The highest BCUT2D eigenvalue weighted by Gasteiger charge is 2.31. The number of thioether (sulfide) groups is 1. The number of cyclic esters (lactones) is 1. The van der Waals surface area contributed by atoms with E-state index in [0.717, 1.165) is 0 Å². The highest BCUT2D eigenvalue weighted by Crippen LogP contribution is 2.28. The second kappa shape index (κ2) is 5.75. The third-order valence-corrected chi connectivity index (χ3v) is 3.49. The van der Waals surface area contributed by atoms with Gasteiger partial charge in [-0.05, 0) is 24.3 Å². The van der Waals surface area contributed by atoms with Gasteiger partial charge in [-0.2, -0.15) is 8.78 Å². The van der Waals surface area contributed by atoms with E-state index in [2.05, 4.69) is 0 Å². The van der Waals surface area contributed by atoms with Crippen molar-refractivity contribution in [2.24, 2.45) is 0 Å². The fourth-order valence-electron chi connectivity index (χ4n) is 1.62. The molecule has 3 nitrogen and oxygen atoms in total. The van der Waals surface area contributed by atoms with Crippen molar-refractivity contribution in [1.29, 1.82) is 0 Å². The van der Waals surface area contributed by atoms with E-state index in [-0.39, 0.29) is 12.0 Å². The zero-order valence-electron chi connectivity index (χ0n) is 9.18. The van der Waals surface area contributed by atoms with Gasteiger partial charge in [0, 0.05) is 10.6 Å². The molecular weight excluding hydrogens is 284 g/mol. The van der Waals surface area contributed by atoms with Crippen molar-refractivity contribution < 1.29 is 18.3 Å². The lowest BCUT2D eigenvalue weighted by Gasteiger charge is -2.13. The number of rotatable bonds is 4. The first-order chi connectivity index (χ1) is 8.60. The summed E-state index contributed by atoms with van der Waals surface area (Å²) in [6.07, 6.45) is -0.788. The quantitative estimate of drug-likeness (QED) is 0.628. The van der Waals surface area contributed by atoms with E-state index >= 15 is 0 Å². The smallest absolute Gasteiger partial charge is 0.414 e. The van der Waals surface area contributed by atoms with Crippen molar-refractivity contribution in [1.82, 2.24) is 0 Å². The van der Waals surface area contributed by atoms with Gasteiger partial charge in [0.05, 0.1) is 12.4 Å². The number of anilines is 1. The minimum absolute atomic E-state index is 0.238. The highest BCUT2D eigenvalue weighted by atomic mass is 35.5. The van der Waals surface area contributed by atoms with E-state index in [4.69, 9.17) is 16.3 Å². The summed E-state index contributed by atoms with van der Waals surface area (Å²) in [7, 11) is 0. The topological polar surface area (TPSA) is 29.5 Å². The molecule has 0 bridgehead atoms. The van der Waals surface area contributed by atoms with Crippen LogP contribution in [0.25, 0.3) is 0 Å². The molecular formula is C11H10ClF2NO2S. The summed E-state index contributed by atoms with van der Waals surface area (Å²) in [5, 5.41) is 0. The molecule has 0 radical (unpaired) electrons. The van der Waals surface area contributed by atoms with E-state index in [0.29, 0.717) is 28.9 Å². The SMILES string of the molecule is O=C1OC(CCl)CN1c1ccc(SC(F)F)cc1. The first kappa shape index (κ1) is 13.4. The molecule has 18 heavy (non-hydrogen) atoms. The summed E-state index contributed by atoms with van der Waals surface area (Å²) in [6.45, 7) is 0.379. The molecule has 1 fully saturated rings. The minimum atomic E-state index is -2.45. The zero-order chi connectivity index (χ0) is 13.1. The standard InChI is InChI=1S/C11H10ClF2NO2S/c12-5-8-6-15(11(16)17-8)7-1-3-9(4-2-7)18-10(13)14/h1-4,8,10H,5-6H2.